The molecule has 0 bridgehead atoms. The maximum absolute atomic E-state index is 12.7. The molecule has 1 aromatic rings. The molecule has 0 spiro atoms. The van der Waals surface area contributed by atoms with Gasteiger partial charge in [-0.1, -0.05) is 31.5 Å². The van der Waals surface area contributed by atoms with Crippen LogP contribution in [0.5, 0.6) is 0 Å². The molecule has 1 aliphatic heterocycles. The summed E-state index contributed by atoms with van der Waals surface area (Å²) in [6.07, 6.45) is 0.0741. The van der Waals surface area contributed by atoms with E-state index in [1.807, 2.05) is 6.92 Å². The summed E-state index contributed by atoms with van der Waals surface area (Å²) in [6.45, 7) is 5.30. The topological polar surface area (TPSA) is 80.8 Å². The van der Waals surface area contributed by atoms with Crippen molar-refractivity contribution in [3.63, 3.8) is 0 Å². The van der Waals surface area contributed by atoms with E-state index in [2.05, 4.69) is 0 Å². The number of sulfone groups is 2. The van der Waals surface area contributed by atoms with Gasteiger partial charge in [-0.3, -0.25) is 0 Å². The van der Waals surface area contributed by atoms with Gasteiger partial charge in [0, 0.05) is 6.26 Å². The maximum atomic E-state index is 12.7. The first-order valence-corrected chi connectivity index (χ1v) is 9.60. The van der Waals surface area contributed by atoms with Crippen LogP contribution in [0.25, 0.3) is 0 Å². The lowest BCUT2D eigenvalue weighted by Crippen LogP contribution is -2.37. The van der Waals surface area contributed by atoms with Crippen LogP contribution in [0.3, 0.4) is 0 Å². The number of aryl methyl sites for hydroxylation is 1. The van der Waals surface area contributed by atoms with Gasteiger partial charge in [0.15, 0.2) is 9.84 Å². The lowest BCUT2D eigenvalue weighted by atomic mass is 10.1. The van der Waals surface area contributed by atoms with Crippen LogP contribution in [0, 0.1) is 12.8 Å². The number of benzene rings is 1. The summed E-state index contributed by atoms with van der Waals surface area (Å²) >= 11 is 0. The zero-order chi connectivity index (χ0) is 15.3. The summed E-state index contributed by atoms with van der Waals surface area (Å²) in [4.78, 5) is -0.0309. The van der Waals surface area contributed by atoms with E-state index in [-0.39, 0.29) is 10.8 Å². The van der Waals surface area contributed by atoms with Crippen molar-refractivity contribution in [1.29, 1.82) is 0 Å². The van der Waals surface area contributed by atoms with Crippen LogP contribution in [-0.4, -0.2) is 33.5 Å². The van der Waals surface area contributed by atoms with Gasteiger partial charge in [0.05, 0.1) is 4.90 Å². The number of hydrogen-bond acceptors (Lipinski definition) is 5. The quantitative estimate of drug-likeness (QED) is 0.786. The number of hydrogen-bond donors (Lipinski definition) is 0. The molecule has 112 valence electrons. The third-order valence-electron chi connectivity index (χ3n) is 3.41. The first kappa shape index (κ1) is 15.5. The van der Waals surface area contributed by atoms with Crippen LogP contribution in [0.2, 0.25) is 0 Å². The zero-order valence-corrected chi connectivity index (χ0v) is 13.5. The minimum Gasteiger partial charge on any atom is -0.335 e. The fourth-order valence-corrected chi connectivity index (χ4v) is 6.77. The molecule has 1 aromatic carbocycles. The Morgan fingerprint density at radius 3 is 1.95 bits per heavy atom. The number of epoxide rings is 1. The average Bonchev–Trinajstić information content (AvgIpc) is 3.05. The van der Waals surface area contributed by atoms with Gasteiger partial charge >= 0.3 is 4.27 Å². The van der Waals surface area contributed by atoms with E-state index in [4.69, 9.17) is 4.74 Å². The molecule has 1 fully saturated rings. The van der Waals surface area contributed by atoms with E-state index >= 15 is 0 Å². The molecular weight excluding hydrogens is 300 g/mol. The molecule has 5 nitrogen and oxygen atoms in total. The summed E-state index contributed by atoms with van der Waals surface area (Å²) in [5, 5.41) is 0. The van der Waals surface area contributed by atoms with Crippen molar-refractivity contribution in [1.82, 2.24) is 0 Å². The van der Waals surface area contributed by atoms with Crippen molar-refractivity contribution in [3.8, 4) is 0 Å². The second kappa shape index (κ2) is 4.54. The molecule has 0 aliphatic carbocycles. The van der Waals surface area contributed by atoms with E-state index in [0.29, 0.717) is 0 Å². The van der Waals surface area contributed by atoms with Gasteiger partial charge < -0.3 is 4.74 Å². The number of rotatable bonds is 4. The van der Waals surface area contributed by atoms with Crippen LogP contribution in [0.4, 0.5) is 0 Å². The Hall–Kier alpha value is -0.920. The van der Waals surface area contributed by atoms with E-state index in [1.165, 1.54) is 12.1 Å². The third-order valence-corrected chi connectivity index (χ3v) is 8.31. The average molecular weight is 318 g/mol. The maximum Gasteiger partial charge on any atom is 0.301 e. The van der Waals surface area contributed by atoms with Crippen molar-refractivity contribution in [2.75, 3.05) is 6.26 Å². The van der Waals surface area contributed by atoms with Crippen LogP contribution in [0.1, 0.15) is 19.4 Å². The Morgan fingerprint density at radius 2 is 1.60 bits per heavy atom. The summed E-state index contributed by atoms with van der Waals surface area (Å²) < 4.78 is 52.5. The van der Waals surface area contributed by atoms with Crippen molar-refractivity contribution < 1.29 is 21.6 Å². The molecule has 1 saturated heterocycles. The van der Waals surface area contributed by atoms with Crippen molar-refractivity contribution in [2.45, 2.75) is 36.0 Å². The van der Waals surface area contributed by atoms with Gasteiger partial charge in [0.2, 0.25) is 9.84 Å². The highest BCUT2D eigenvalue weighted by Crippen LogP contribution is 2.52. The van der Waals surface area contributed by atoms with E-state index in [1.54, 1.807) is 26.0 Å². The first-order valence-electron chi connectivity index (χ1n) is 6.23. The van der Waals surface area contributed by atoms with Crippen molar-refractivity contribution >= 4 is 19.7 Å². The molecule has 7 heteroatoms. The predicted molar refractivity (Wildman–Crippen MR) is 75.7 cm³/mol. The normalized spacial score (nSPS) is 26.8. The standard InChI is InChI=1S/C13H18O5S2/c1-9(2)12-13(18-12,19(4,14)15)20(16,17)11-7-5-10(3)6-8-11/h5-9,12H,1-4H3/t12-,13-/m0/s1. The van der Waals surface area contributed by atoms with Crippen LogP contribution in [-0.2, 0) is 24.4 Å². The van der Waals surface area contributed by atoms with Crippen LogP contribution in [0.15, 0.2) is 29.2 Å². The third kappa shape index (κ3) is 2.08. The van der Waals surface area contributed by atoms with Gasteiger partial charge in [-0.05, 0) is 25.0 Å². The summed E-state index contributed by atoms with van der Waals surface area (Å²) in [6, 6.07) is 6.10. The van der Waals surface area contributed by atoms with Gasteiger partial charge in [-0.25, -0.2) is 16.8 Å². The fraction of sp³-hybridized carbons (Fsp3) is 0.538. The van der Waals surface area contributed by atoms with Gasteiger partial charge in [-0.15, -0.1) is 0 Å². The summed E-state index contributed by atoms with van der Waals surface area (Å²) in [5.74, 6) is -0.204. The molecule has 0 unspecified atom stereocenters. The number of ether oxygens (including phenoxy) is 1. The Kier molecular flexibility index (Phi) is 3.51. The first-order chi connectivity index (χ1) is 9.04. The van der Waals surface area contributed by atoms with Crippen molar-refractivity contribution in [3.05, 3.63) is 29.8 Å². The molecule has 0 amide bonds. The van der Waals surface area contributed by atoms with Gasteiger partial charge in [0.1, 0.15) is 6.10 Å². The summed E-state index contributed by atoms with van der Waals surface area (Å²) in [7, 11) is -8.02. The van der Waals surface area contributed by atoms with Gasteiger partial charge in [0.25, 0.3) is 0 Å². The minimum absolute atomic E-state index is 0.0309. The van der Waals surface area contributed by atoms with E-state index in [0.717, 1.165) is 11.8 Å². The highest BCUT2D eigenvalue weighted by molar-refractivity contribution is 8.10. The SMILES string of the molecule is Cc1ccc(S(=O)(=O)[C@]2(S(C)(=O)=O)O[C@H]2C(C)C)cc1. The second-order valence-corrected chi connectivity index (χ2v) is 9.97. The molecule has 1 heterocycles. The molecule has 2 atom stereocenters. The van der Waals surface area contributed by atoms with Crippen molar-refractivity contribution in [2.24, 2.45) is 5.92 Å². The molecule has 0 saturated carbocycles. The Labute approximate surface area is 119 Å². The Bertz CT molecular complexity index is 717. The predicted octanol–water partition coefficient (Wildman–Crippen LogP) is 1.52. The van der Waals surface area contributed by atoms with Crippen LogP contribution < -0.4 is 0 Å². The van der Waals surface area contributed by atoms with E-state index in [9.17, 15) is 16.8 Å². The molecule has 1 aliphatic rings. The fourth-order valence-electron chi connectivity index (χ4n) is 2.28. The molecule has 0 aromatic heterocycles. The monoisotopic (exact) mass is 318 g/mol. The molecule has 2 rings (SSSR count). The highest BCUT2D eigenvalue weighted by atomic mass is 32.3. The molecule has 20 heavy (non-hydrogen) atoms. The second-order valence-electron chi connectivity index (χ2n) is 5.47. The lowest BCUT2D eigenvalue weighted by molar-refractivity contribution is 0.339. The smallest absolute Gasteiger partial charge is 0.301 e. The Balaban J connectivity index is 2.60. The lowest BCUT2D eigenvalue weighted by Gasteiger charge is -2.14. The molecular formula is C13H18O5S2. The van der Waals surface area contributed by atoms with Crippen LogP contribution >= 0.6 is 0 Å². The summed E-state index contributed by atoms with van der Waals surface area (Å²) in [5.41, 5.74) is 0.898. The highest BCUT2D eigenvalue weighted by Gasteiger charge is 2.74. The molecule has 0 N–H and O–H groups in total. The zero-order valence-electron chi connectivity index (χ0n) is 11.8. The van der Waals surface area contributed by atoms with Gasteiger partial charge in [-0.2, -0.15) is 0 Å². The van der Waals surface area contributed by atoms with E-state index < -0.39 is 30.0 Å². The largest absolute Gasteiger partial charge is 0.335 e. The minimum atomic E-state index is -4.11. The Morgan fingerprint density at radius 1 is 1.10 bits per heavy atom. The molecule has 0 radical (unpaired) electrons.